The van der Waals surface area contributed by atoms with E-state index in [1.54, 1.807) is 19.1 Å². The van der Waals surface area contributed by atoms with E-state index < -0.39 is 0 Å². The Morgan fingerprint density at radius 1 is 1.50 bits per heavy atom. The predicted molar refractivity (Wildman–Crippen MR) is 57.3 cm³/mol. The van der Waals surface area contributed by atoms with Crippen LogP contribution in [0.5, 0.6) is 5.75 Å². The highest BCUT2D eigenvalue weighted by Gasteiger charge is 2.15. The van der Waals surface area contributed by atoms with Gasteiger partial charge in [-0.05, 0) is 19.2 Å². The van der Waals surface area contributed by atoms with Crippen LogP contribution < -0.4 is 10.5 Å². The largest absolute Gasteiger partial charge is 0.495 e. The highest BCUT2D eigenvalue weighted by Crippen LogP contribution is 2.33. The zero-order chi connectivity index (χ0) is 10.7. The average molecular weight is 215 g/mol. The van der Waals surface area contributed by atoms with Crippen molar-refractivity contribution in [2.45, 2.75) is 17.9 Å². The first-order chi connectivity index (χ1) is 6.61. The zero-order valence-electron chi connectivity index (χ0n) is 8.50. The van der Waals surface area contributed by atoms with Gasteiger partial charge in [0.25, 0.3) is 0 Å². The van der Waals surface area contributed by atoms with Crippen molar-refractivity contribution in [2.24, 2.45) is 5.73 Å². The Bertz CT molecular complexity index is 328. The Morgan fingerprint density at radius 3 is 2.57 bits per heavy atom. The lowest BCUT2D eigenvalue weighted by Crippen LogP contribution is -2.08. The molecule has 0 bridgehead atoms. The van der Waals surface area contributed by atoms with Gasteiger partial charge in [0.2, 0.25) is 0 Å². The Labute approximate surface area is 87.6 Å². The molecule has 4 heteroatoms. The molecule has 0 heterocycles. The predicted octanol–water partition coefficient (Wildman–Crippen LogP) is 2.58. The molecule has 2 N–H and O–H groups in total. The number of rotatable bonds is 3. The molecule has 1 atom stereocenters. The molecule has 0 aliphatic heterocycles. The van der Waals surface area contributed by atoms with Crippen molar-refractivity contribution in [3.63, 3.8) is 0 Å². The van der Waals surface area contributed by atoms with Gasteiger partial charge in [-0.3, -0.25) is 0 Å². The second kappa shape index (κ2) is 4.66. The molecule has 1 unspecified atom stereocenters. The Kier molecular flexibility index (Phi) is 3.77. The molecule has 0 fully saturated rings. The number of hydrogen-bond donors (Lipinski definition) is 1. The molecule has 1 rings (SSSR count). The van der Waals surface area contributed by atoms with Crippen LogP contribution in [0.25, 0.3) is 0 Å². The molecule has 0 aliphatic carbocycles. The fraction of sp³-hybridized carbons (Fsp3) is 0.400. The smallest absolute Gasteiger partial charge is 0.145 e. The van der Waals surface area contributed by atoms with E-state index >= 15 is 0 Å². The van der Waals surface area contributed by atoms with E-state index in [9.17, 15) is 4.39 Å². The standard InChI is InChI=1S/C10H14FNOS/c1-6(12)7-4-5-8(13-2)10(14-3)9(7)11/h4-6H,12H2,1-3H3. The average Bonchev–Trinajstić information content (AvgIpc) is 2.16. The highest BCUT2D eigenvalue weighted by atomic mass is 32.2. The van der Waals surface area contributed by atoms with Crippen LogP contribution in [0.2, 0.25) is 0 Å². The summed E-state index contributed by atoms with van der Waals surface area (Å²) in [6, 6.07) is 3.11. The third-order valence-electron chi connectivity index (χ3n) is 2.01. The molecule has 0 amide bonds. The van der Waals surface area contributed by atoms with Crippen LogP contribution in [0.1, 0.15) is 18.5 Å². The van der Waals surface area contributed by atoms with Crippen LogP contribution in [-0.2, 0) is 0 Å². The maximum Gasteiger partial charge on any atom is 0.145 e. The van der Waals surface area contributed by atoms with Gasteiger partial charge in [-0.2, -0.15) is 0 Å². The van der Waals surface area contributed by atoms with Crippen LogP contribution in [0.15, 0.2) is 17.0 Å². The lowest BCUT2D eigenvalue weighted by molar-refractivity contribution is 0.396. The topological polar surface area (TPSA) is 35.2 Å². The van der Waals surface area contributed by atoms with E-state index in [4.69, 9.17) is 10.5 Å². The lowest BCUT2D eigenvalue weighted by atomic mass is 10.1. The Morgan fingerprint density at radius 2 is 2.14 bits per heavy atom. The first kappa shape index (κ1) is 11.3. The van der Waals surface area contributed by atoms with E-state index in [0.29, 0.717) is 16.2 Å². The second-order valence-electron chi connectivity index (χ2n) is 2.99. The van der Waals surface area contributed by atoms with Gasteiger partial charge in [-0.15, -0.1) is 11.8 Å². The molecule has 0 spiro atoms. The van der Waals surface area contributed by atoms with Gasteiger partial charge in [-0.25, -0.2) is 4.39 Å². The molecule has 1 aromatic carbocycles. The van der Waals surface area contributed by atoms with Crippen molar-refractivity contribution in [2.75, 3.05) is 13.4 Å². The Balaban J connectivity index is 3.27. The number of nitrogens with two attached hydrogens (primary N) is 1. The summed E-state index contributed by atoms with van der Waals surface area (Å²) in [6.07, 6.45) is 1.81. The highest BCUT2D eigenvalue weighted by molar-refractivity contribution is 7.98. The molecule has 78 valence electrons. The fourth-order valence-electron chi connectivity index (χ4n) is 1.26. The van der Waals surface area contributed by atoms with Gasteiger partial charge in [0.15, 0.2) is 0 Å². The molecule has 0 radical (unpaired) electrons. The summed E-state index contributed by atoms with van der Waals surface area (Å²) in [6.45, 7) is 1.76. The molecular formula is C10H14FNOS. The second-order valence-corrected chi connectivity index (χ2v) is 3.81. The van der Waals surface area contributed by atoms with Crippen molar-refractivity contribution in [3.05, 3.63) is 23.5 Å². The molecule has 1 aromatic rings. The van der Waals surface area contributed by atoms with Crippen molar-refractivity contribution in [3.8, 4) is 5.75 Å². The number of hydrogen-bond acceptors (Lipinski definition) is 3. The fourth-order valence-corrected chi connectivity index (χ4v) is 1.91. The van der Waals surface area contributed by atoms with Crippen molar-refractivity contribution in [1.29, 1.82) is 0 Å². The van der Waals surface area contributed by atoms with Gasteiger partial charge in [0.1, 0.15) is 11.6 Å². The number of halogens is 1. The molecule has 0 saturated carbocycles. The SMILES string of the molecule is COc1ccc(C(C)N)c(F)c1SC. The van der Waals surface area contributed by atoms with Crippen LogP contribution in [0.4, 0.5) is 4.39 Å². The number of ether oxygens (including phenoxy) is 1. The van der Waals surface area contributed by atoms with Crippen LogP contribution in [0.3, 0.4) is 0 Å². The van der Waals surface area contributed by atoms with Gasteiger partial charge in [0.05, 0.1) is 12.0 Å². The van der Waals surface area contributed by atoms with E-state index in [1.165, 1.54) is 18.9 Å². The summed E-state index contributed by atoms with van der Waals surface area (Å²) in [5, 5.41) is 0. The van der Waals surface area contributed by atoms with E-state index in [2.05, 4.69) is 0 Å². The molecular weight excluding hydrogens is 201 g/mol. The van der Waals surface area contributed by atoms with Gasteiger partial charge in [-0.1, -0.05) is 6.07 Å². The minimum Gasteiger partial charge on any atom is -0.495 e. The van der Waals surface area contributed by atoms with E-state index in [-0.39, 0.29) is 11.9 Å². The quantitative estimate of drug-likeness (QED) is 0.787. The summed E-state index contributed by atoms with van der Waals surface area (Å²) < 4.78 is 18.8. The zero-order valence-corrected chi connectivity index (χ0v) is 9.32. The van der Waals surface area contributed by atoms with Gasteiger partial charge in [0, 0.05) is 11.6 Å². The van der Waals surface area contributed by atoms with E-state index in [0.717, 1.165) is 0 Å². The minimum absolute atomic E-state index is 0.271. The molecule has 0 saturated heterocycles. The summed E-state index contributed by atoms with van der Waals surface area (Å²) in [4.78, 5) is 0.516. The summed E-state index contributed by atoms with van der Waals surface area (Å²) in [7, 11) is 1.53. The summed E-state index contributed by atoms with van der Waals surface area (Å²) >= 11 is 1.32. The first-order valence-electron chi connectivity index (χ1n) is 4.27. The third kappa shape index (κ3) is 2.01. The molecule has 2 nitrogen and oxygen atoms in total. The van der Waals surface area contributed by atoms with E-state index in [1.807, 2.05) is 6.26 Å². The van der Waals surface area contributed by atoms with Crippen LogP contribution in [0, 0.1) is 5.82 Å². The van der Waals surface area contributed by atoms with Crippen molar-refractivity contribution in [1.82, 2.24) is 0 Å². The van der Waals surface area contributed by atoms with Crippen molar-refractivity contribution >= 4 is 11.8 Å². The maximum absolute atomic E-state index is 13.8. The molecule has 14 heavy (non-hydrogen) atoms. The minimum atomic E-state index is -0.299. The number of benzene rings is 1. The normalized spacial score (nSPS) is 12.6. The van der Waals surface area contributed by atoms with Crippen LogP contribution >= 0.6 is 11.8 Å². The maximum atomic E-state index is 13.8. The van der Waals surface area contributed by atoms with Gasteiger partial charge >= 0.3 is 0 Å². The number of methoxy groups -OCH3 is 1. The third-order valence-corrected chi connectivity index (χ3v) is 2.79. The van der Waals surface area contributed by atoms with Gasteiger partial charge < -0.3 is 10.5 Å². The lowest BCUT2D eigenvalue weighted by Gasteiger charge is -2.13. The monoisotopic (exact) mass is 215 g/mol. The van der Waals surface area contributed by atoms with Crippen LogP contribution in [-0.4, -0.2) is 13.4 Å². The van der Waals surface area contributed by atoms with Crippen molar-refractivity contribution < 1.29 is 9.13 Å². The summed E-state index contributed by atoms with van der Waals surface area (Å²) in [5.74, 6) is 0.284. The molecule has 0 aliphatic rings. The Hall–Kier alpha value is -0.740. The first-order valence-corrected chi connectivity index (χ1v) is 5.50. The summed E-state index contributed by atoms with van der Waals surface area (Å²) in [5.41, 5.74) is 6.16. The number of thioether (sulfide) groups is 1. The molecule has 0 aromatic heterocycles.